The Morgan fingerprint density at radius 1 is 1.12 bits per heavy atom. The topological polar surface area (TPSA) is 23.5 Å². The van der Waals surface area contributed by atoms with Crippen LogP contribution in [0.3, 0.4) is 0 Å². The largest absolute Gasteiger partial charge is 0.396 e. The molecule has 0 bridgehead atoms. The van der Waals surface area contributed by atoms with E-state index in [2.05, 4.69) is 11.8 Å². The summed E-state index contributed by atoms with van der Waals surface area (Å²) in [7, 11) is 0. The molecule has 2 aliphatic rings. The first kappa shape index (κ1) is 13.4. The molecular weight excluding hydrogens is 210 g/mol. The van der Waals surface area contributed by atoms with Crippen molar-refractivity contribution < 1.29 is 5.11 Å². The fourth-order valence-electron chi connectivity index (χ4n) is 3.81. The van der Waals surface area contributed by atoms with E-state index < -0.39 is 0 Å². The first-order chi connectivity index (χ1) is 8.33. The van der Waals surface area contributed by atoms with Crippen molar-refractivity contribution in [3.63, 3.8) is 0 Å². The predicted octanol–water partition coefficient (Wildman–Crippen LogP) is 3.05. The summed E-state index contributed by atoms with van der Waals surface area (Å²) in [6, 6.07) is 0.857. The van der Waals surface area contributed by atoms with Crippen LogP contribution in [0, 0.1) is 11.8 Å². The summed E-state index contributed by atoms with van der Waals surface area (Å²) in [6.45, 7) is 5.28. The highest BCUT2D eigenvalue weighted by Crippen LogP contribution is 2.32. The Labute approximate surface area is 106 Å². The van der Waals surface area contributed by atoms with Gasteiger partial charge in [-0.25, -0.2) is 0 Å². The van der Waals surface area contributed by atoms with Crippen LogP contribution in [0.4, 0.5) is 0 Å². The van der Waals surface area contributed by atoms with Gasteiger partial charge < -0.3 is 10.0 Å². The lowest BCUT2D eigenvalue weighted by Crippen LogP contribution is -2.44. The normalized spacial score (nSPS) is 36.0. The standard InChI is InChI=1S/C15H29NO/c1-2-13-5-3-7-15(11-13)16-9-4-6-14(12-16)8-10-17/h13-15,17H,2-12H2,1H3. The molecule has 0 aromatic rings. The molecule has 2 rings (SSSR count). The van der Waals surface area contributed by atoms with Crippen molar-refractivity contribution in [1.29, 1.82) is 0 Å². The van der Waals surface area contributed by atoms with E-state index in [9.17, 15) is 0 Å². The van der Waals surface area contributed by atoms with Crippen molar-refractivity contribution in [1.82, 2.24) is 4.90 Å². The zero-order valence-corrected chi connectivity index (χ0v) is 11.4. The molecule has 0 spiro atoms. The van der Waals surface area contributed by atoms with E-state index in [1.54, 1.807) is 0 Å². The number of hydrogen-bond donors (Lipinski definition) is 1. The Balaban J connectivity index is 1.83. The molecule has 17 heavy (non-hydrogen) atoms. The second-order valence-electron chi connectivity index (χ2n) is 6.11. The SMILES string of the molecule is CCC1CCCC(N2CCCC(CCO)C2)C1. The summed E-state index contributed by atoms with van der Waals surface area (Å²) in [5, 5.41) is 9.08. The second-order valence-corrected chi connectivity index (χ2v) is 6.11. The smallest absolute Gasteiger partial charge is 0.0434 e. The number of piperidine rings is 1. The first-order valence-electron chi connectivity index (χ1n) is 7.68. The van der Waals surface area contributed by atoms with E-state index in [1.165, 1.54) is 58.0 Å². The van der Waals surface area contributed by atoms with Gasteiger partial charge in [-0.15, -0.1) is 0 Å². The third-order valence-electron chi connectivity index (χ3n) is 4.94. The van der Waals surface area contributed by atoms with Gasteiger partial charge in [-0.3, -0.25) is 0 Å². The Hall–Kier alpha value is -0.0800. The van der Waals surface area contributed by atoms with Crippen LogP contribution < -0.4 is 0 Å². The number of hydrogen-bond acceptors (Lipinski definition) is 2. The molecule has 2 nitrogen and oxygen atoms in total. The van der Waals surface area contributed by atoms with Gasteiger partial charge >= 0.3 is 0 Å². The maximum atomic E-state index is 9.08. The second kappa shape index (κ2) is 6.75. The lowest BCUT2D eigenvalue weighted by Gasteiger charge is -2.41. The van der Waals surface area contributed by atoms with Crippen LogP contribution in [0.5, 0.6) is 0 Å². The van der Waals surface area contributed by atoms with Crippen molar-refractivity contribution in [2.24, 2.45) is 11.8 Å². The van der Waals surface area contributed by atoms with Crippen molar-refractivity contribution >= 4 is 0 Å². The maximum absolute atomic E-state index is 9.08. The number of rotatable bonds is 4. The lowest BCUT2D eigenvalue weighted by atomic mass is 9.82. The molecule has 2 fully saturated rings. The Kier molecular flexibility index (Phi) is 5.30. The number of aliphatic hydroxyl groups is 1. The summed E-state index contributed by atoms with van der Waals surface area (Å²) in [4.78, 5) is 2.74. The predicted molar refractivity (Wildman–Crippen MR) is 72.0 cm³/mol. The Bertz CT molecular complexity index is 217. The molecule has 2 heteroatoms. The average Bonchev–Trinajstić information content (AvgIpc) is 2.40. The molecule has 1 saturated heterocycles. The van der Waals surface area contributed by atoms with E-state index in [-0.39, 0.29) is 0 Å². The molecule has 3 unspecified atom stereocenters. The molecular formula is C15H29NO. The van der Waals surface area contributed by atoms with Gasteiger partial charge in [-0.2, -0.15) is 0 Å². The molecule has 1 aliphatic carbocycles. The van der Waals surface area contributed by atoms with Gasteiger partial charge in [0.05, 0.1) is 0 Å². The highest BCUT2D eigenvalue weighted by Gasteiger charge is 2.29. The molecule has 0 aromatic heterocycles. The minimum absolute atomic E-state index is 0.376. The van der Waals surface area contributed by atoms with Gasteiger partial charge in [0.2, 0.25) is 0 Å². The van der Waals surface area contributed by atoms with Crippen LogP contribution in [0.15, 0.2) is 0 Å². The van der Waals surface area contributed by atoms with Gasteiger partial charge in [0.25, 0.3) is 0 Å². The van der Waals surface area contributed by atoms with Crippen LogP contribution in [0.25, 0.3) is 0 Å². The monoisotopic (exact) mass is 239 g/mol. The summed E-state index contributed by atoms with van der Waals surface area (Å²) in [6.07, 6.45) is 10.8. The molecule has 3 atom stereocenters. The minimum atomic E-state index is 0.376. The van der Waals surface area contributed by atoms with E-state index in [1.807, 2.05) is 0 Å². The van der Waals surface area contributed by atoms with Gasteiger partial charge in [-0.1, -0.05) is 26.2 Å². The minimum Gasteiger partial charge on any atom is -0.396 e. The lowest BCUT2D eigenvalue weighted by molar-refractivity contribution is 0.0730. The van der Waals surface area contributed by atoms with Crippen LogP contribution in [-0.2, 0) is 0 Å². The maximum Gasteiger partial charge on any atom is 0.0434 e. The van der Waals surface area contributed by atoms with E-state index in [4.69, 9.17) is 5.11 Å². The molecule has 0 radical (unpaired) electrons. The van der Waals surface area contributed by atoms with Crippen LogP contribution in [0.2, 0.25) is 0 Å². The molecule has 100 valence electrons. The fourth-order valence-corrected chi connectivity index (χ4v) is 3.81. The zero-order valence-electron chi connectivity index (χ0n) is 11.4. The highest BCUT2D eigenvalue weighted by molar-refractivity contribution is 4.83. The van der Waals surface area contributed by atoms with Gasteiger partial charge in [0.1, 0.15) is 0 Å². The Morgan fingerprint density at radius 3 is 2.71 bits per heavy atom. The zero-order chi connectivity index (χ0) is 12.1. The molecule has 0 amide bonds. The fraction of sp³-hybridized carbons (Fsp3) is 1.00. The van der Waals surface area contributed by atoms with Crippen LogP contribution >= 0.6 is 0 Å². The van der Waals surface area contributed by atoms with E-state index in [0.29, 0.717) is 6.61 Å². The summed E-state index contributed by atoms with van der Waals surface area (Å²) in [5.74, 6) is 1.74. The third kappa shape index (κ3) is 3.69. The first-order valence-corrected chi connectivity index (χ1v) is 7.68. The van der Waals surface area contributed by atoms with Crippen LogP contribution in [-0.4, -0.2) is 35.7 Å². The van der Waals surface area contributed by atoms with E-state index >= 15 is 0 Å². The summed E-state index contributed by atoms with van der Waals surface area (Å²) in [5.41, 5.74) is 0. The average molecular weight is 239 g/mol. The third-order valence-corrected chi connectivity index (χ3v) is 4.94. The molecule has 1 heterocycles. The van der Waals surface area contributed by atoms with Crippen molar-refractivity contribution in [2.45, 2.75) is 64.3 Å². The summed E-state index contributed by atoms with van der Waals surface area (Å²) < 4.78 is 0. The highest BCUT2D eigenvalue weighted by atomic mass is 16.3. The van der Waals surface area contributed by atoms with Crippen LogP contribution in [0.1, 0.15) is 58.3 Å². The van der Waals surface area contributed by atoms with Crippen molar-refractivity contribution in [2.75, 3.05) is 19.7 Å². The van der Waals surface area contributed by atoms with Crippen molar-refractivity contribution in [3.05, 3.63) is 0 Å². The Morgan fingerprint density at radius 2 is 1.94 bits per heavy atom. The molecule has 1 N–H and O–H groups in total. The summed E-state index contributed by atoms with van der Waals surface area (Å²) >= 11 is 0. The van der Waals surface area contributed by atoms with Crippen molar-refractivity contribution in [3.8, 4) is 0 Å². The number of aliphatic hydroxyl groups excluding tert-OH is 1. The molecule has 0 aromatic carbocycles. The molecule has 1 saturated carbocycles. The van der Waals surface area contributed by atoms with Gasteiger partial charge in [0, 0.05) is 19.2 Å². The van der Waals surface area contributed by atoms with Gasteiger partial charge in [-0.05, 0) is 50.5 Å². The quantitative estimate of drug-likeness (QED) is 0.815. The van der Waals surface area contributed by atoms with Gasteiger partial charge in [0.15, 0.2) is 0 Å². The molecule has 1 aliphatic heterocycles. The number of likely N-dealkylation sites (tertiary alicyclic amines) is 1. The van der Waals surface area contributed by atoms with E-state index in [0.717, 1.165) is 24.3 Å². The number of nitrogens with zero attached hydrogens (tertiary/aromatic N) is 1.